The van der Waals surface area contributed by atoms with Gasteiger partial charge in [-0.25, -0.2) is 0 Å². The van der Waals surface area contributed by atoms with E-state index in [2.05, 4.69) is 30.1 Å². The minimum atomic E-state index is 0.708. The maximum Gasteiger partial charge on any atom is 0.0736 e. The highest BCUT2D eigenvalue weighted by Gasteiger charge is 2.03. The van der Waals surface area contributed by atoms with Crippen LogP contribution < -0.4 is 0 Å². The summed E-state index contributed by atoms with van der Waals surface area (Å²) in [7, 11) is 0. The first-order valence-electron chi connectivity index (χ1n) is 6.11. The van der Waals surface area contributed by atoms with Gasteiger partial charge >= 0.3 is 0 Å². The fourth-order valence-corrected chi connectivity index (χ4v) is 1.71. The van der Waals surface area contributed by atoms with E-state index in [1.165, 1.54) is 0 Å². The molecule has 0 aliphatic heterocycles. The fourth-order valence-electron chi connectivity index (χ4n) is 1.71. The number of rotatable bonds is 4. The van der Waals surface area contributed by atoms with Crippen molar-refractivity contribution in [2.45, 2.75) is 33.7 Å². The molecule has 0 aliphatic rings. The van der Waals surface area contributed by atoms with Crippen molar-refractivity contribution in [1.29, 1.82) is 0 Å². The first kappa shape index (κ1) is 11.8. The largest absolute Gasteiger partial charge is 0.272 e. The van der Waals surface area contributed by atoms with Crippen LogP contribution in [-0.4, -0.2) is 14.8 Å². The average Bonchev–Trinajstić information content (AvgIpc) is 2.75. The number of hydrogen-bond acceptors (Lipinski definition) is 2. The summed E-state index contributed by atoms with van der Waals surface area (Å²) < 4.78 is 2.00. The number of aromatic nitrogens is 3. The van der Waals surface area contributed by atoms with Gasteiger partial charge in [-0.1, -0.05) is 19.9 Å². The second-order valence-electron chi connectivity index (χ2n) is 4.84. The second-order valence-corrected chi connectivity index (χ2v) is 4.84. The lowest BCUT2D eigenvalue weighted by molar-refractivity contribution is 0.487. The first-order chi connectivity index (χ1) is 8.15. The van der Waals surface area contributed by atoms with Gasteiger partial charge in [0.15, 0.2) is 0 Å². The molecule has 2 aromatic heterocycles. The van der Waals surface area contributed by atoms with Crippen molar-refractivity contribution in [1.82, 2.24) is 14.8 Å². The fraction of sp³-hybridized carbons (Fsp3) is 0.429. The van der Waals surface area contributed by atoms with Crippen LogP contribution in [0.1, 0.15) is 26.0 Å². The highest BCUT2D eigenvalue weighted by Crippen LogP contribution is 2.16. The SMILES string of the molecule is Cc1cccc(-c2cnn(CCC(C)C)c2)n1. The monoisotopic (exact) mass is 229 g/mol. The number of nitrogens with zero attached hydrogens (tertiary/aromatic N) is 3. The lowest BCUT2D eigenvalue weighted by Gasteiger charge is -2.03. The third-order valence-electron chi connectivity index (χ3n) is 2.75. The second kappa shape index (κ2) is 5.13. The van der Waals surface area contributed by atoms with Gasteiger partial charge < -0.3 is 0 Å². The minimum Gasteiger partial charge on any atom is -0.272 e. The maximum absolute atomic E-state index is 4.50. The van der Waals surface area contributed by atoms with Crippen LogP contribution in [0.5, 0.6) is 0 Å². The molecule has 0 fully saturated rings. The summed E-state index contributed by atoms with van der Waals surface area (Å²) in [5, 5.41) is 4.37. The van der Waals surface area contributed by atoms with Gasteiger partial charge in [-0.15, -0.1) is 0 Å². The number of aryl methyl sites for hydroxylation is 2. The van der Waals surface area contributed by atoms with E-state index in [-0.39, 0.29) is 0 Å². The summed E-state index contributed by atoms with van der Waals surface area (Å²) in [4.78, 5) is 4.50. The predicted molar refractivity (Wildman–Crippen MR) is 69.7 cm³/mol. The first-order valence-corrected chi connectivity index (χ1v) is 6.11. The van der Waals surface area contributed by atoms with Gasteiger partial charge in [0.05, 0.1) is 11.9 Å². The molecule has 0 saturated carbocycles. The molecule has 0 radical (unpaired) electrons. The van der Waals surface area contributed by atoms with Crippen LogP contribution in [0.2, 0.25) is 0 Å². The molecule has 90 valence electrons. The Bertz CT molecular complexity index is 486. The molecule has 2 aromatic rings. The van der Waals surface area contributed by atoms with Crippen molar-refractivity contribution in [3.05, 3.63) is 36.3 Å². The van der Waals surface area contributed by atoms with Crippen molar-refractivity contribution in [3.8, 4) is 11.3 Å². The van der Waals surface area contributed by atoms with Gasteiger partial charge in [0, 0.05) is 24.0 Å². The Morgan fingerprint density at radius 3 is 2.82 bits per heavy atom. The molecule has 0 spiro atoms. The Morgan fingerprint density at radius 1 is 1.29 bits per heavy atom. The topological polar surface area (TPSA) is 30.7 Å². The summed E-state index contributed by atoms with van der Waals surface area (Å²) in [5.41, 5.74) is 3.13. The molecular formula is C14H19N3. The third kappa shape index (κ3) is 3.16. The molecule has 0 aliphatic carbocycles. The quantitative estimate of drug-likeness (QED) is 0.805. The molecule has 2 heterocycles. The standard InChI is InChI=1S/C14H19N3/c1-11(2)7-8-17-10-13(9-15-17)14-6-4-5-12(3)16-14/h4-6,9-11H,7-8H2,1-3H3. The molecule has 0 unspecified atom stereocenters. The average molecular weight is 229 g/mol. The molecule has 3 heteroatoms. The van der Waals surface area contributed by atoms with Crippen molar-refractivity contribution in [2.75, 3.05) is 0 Å². The molecule has 2 rings (SSSR count). The molecule has 3 nitrogen and oxygen atoms in total. The summed E-state index contributed by atoms with van der Waals surface area (Å²) in [6.45, 7) is 7.44. The summed E-state index contributed by atoms with van der Waals surface area (Å²) >= 11 is 0. The van der Waals surface area contributed by atoms with Gasteiger partial charge in [-0.3, -0.25) is 9.67 Å². The molecule has 17 heavy (non-hydrogen) atoms. The zero-order valence-corrected chi connectivity index (χ0v) is 10.7. The van der Waals surface area contributed by atoms with Gasteiger partial charge in [0.25, 0.3) is 0 Å². The number of hydrogen-bond donors (Lipinski definition) is 0. The van der Waals surface area contributed by atoms with Crippen LogP contribution in [0.25, 0.3) is 11.3 Å². The molecular weight excluding hydrogens is 210 g/mol. The van der Waals surface area contributed by atoms with Crippen LogP contribution in [-0.2, 0) is 6.54 Å². The van der Waals surface area contributed by atoms with Crippen LogP contribution in [0, 0.1) is 12.8 Å². The maximum atomic E-state index is 4.50. The van der Waals surface area contributed by atoms with E-state index in [9.17, 15) is 0 Å². The minimum absolute atomic E-state index is 0.708. The summed E-state index contributed by atoms with van der Waals surface area (Å²) in [6, 6.07) is 6.06. The van der Waals surface area contributed by atoms with E-state index in [1.807, 2.05) is 36.0 Å². The van der Waals surface area contributed by atoms with E-state index >= 15 is 0 Å². The lowest BCUT2D eigenvalue weighted by Crippen LogP contribution is -2.01. The van der Waals surface area contributed by atoms with E-state index in [1.54, 1.807) is 0 Å². The van der Waals surface area contributed by atoms with E-state index in [4.69, 9.17) is 0 Å². The number of pyridine rings is 1. The zero-order chi connectivity index (χ0) is 12.3. The van der Waals surface area contributed by atoms with Crippen molar-refractivity contribution >= 4 is 0 Å². The van der Waals surface area contributed by atoms with Gasteiger partial charge in [-0.2, -0.15) is 5.10 Å². The molecule has 0 bridgehead atoms. The van der Waals surface area contributed by atoms with Crippen molar-refractivity contribution in [3.63, 3.8) is 0 Å². The molecule has 0 saturated heterocycles. The summed E-state index contributed by atoms with van der Waals surface area (Å²) in [6.07, 6.45) is 5.12. The lowest BCUT2D eigenvalue weighted by atomic mass is 10.1. The predicted octanol–water partition coefficient (Wildman–Crippen LogP) is 3.30. The van der Waals surface area contributed by atoms with E-state index in [0.717, 1.165) is 29.9 Å². The van der Waals surface area contributed by atoms with Crippen molar-refractivity contribution in [2.24, 2.45) is 5.92 Å². The Labute approximate surface area is 103 Å². The van der Waals surface area contributed by atoms with Gasteiger partial charge in [0.2, 0.25) is 0 Å². The van der Waals surface area contributed by atoms with Gasteiger partial charge in [0.1, 0.15) is 0 Å². The van der Waals surface area contributed by atoms with Crippen LogP contribution in [0.15, 0.2) is 30.6 Å². The Morgan fingerprint density at radius 2 is 2.12 bits per heavy atom. The Hall–Kier alpha value is -1.64. The molecule has 0 amide bonds. The zero-order valence-electron chi connectivity index (χ0n) is 10.7. The molecule has 0 aromatic carbocycles. The highest BCUT2D eigenvalue weighted by molar-refractivity contribution is 5.56. The third-order valence-corrected chi connectivity index (χ3v) is 2.75. The van der Waals surface area contributed by atoms with Crippen molar-refractivity contribution < 1.29 is 0 Å². The normalized spacial score (nSPS) is 11.1. The molecule has 0 atom stereocenters. The Balaban J connectivity index is 2.12. The Kier molecular flexibility index (Phi) is 3.57. The van der Waals surface area contributed by atoms with Crippen LogP contribution in [0.3, 0.4) is 0 Å². The summed E-state index contributed by atoms with van der Waals surface area (Å²) in [5.74, 6) is 0.708. The van der Waals surface area contributed by atoms with E-state index < -0.39 is 0 Å². The van der Waals surface area contributed by atoms with E-state index in [0.29, 0.717) is 5.92 Å². The highest BCUT2D eigenvalue weighted by atomic mass is 15.3. The smallest absolute Gasteiger partial charge is 0.0736 e. The van der Waals surface area contributed by atoms with Gasteiger partial charge in [-0.05, 0) is 31.4 Å². The molecule has 0 N–H and O–H groups in total. The van der Waals surface area contributed by atoms with Crippen LogP contribution in [0.4, 0.5) is 0 Å². The van der Waals surface area contributed by atoms with Crippen LogP contribution >= 0.6 is 0 Å².